The minimum absolute atomic E-state index is 0.175. The number of allylic oxidation sites excluding steroid dienone is 1. The summed E-state index contributed by atoms with van der Waals surface area (Å²) in [7, 11) is 0. The van der Waals surface area contributed by atoms with Crippen LogP contribution in [0.3, 0.4) is 0 Å². The highest BCUT2D eigenvalue weighted by Crippen LogP contribution is 2.23. The molecule has 20 heavy (non-hydrogen) atoms. The average Bonchev–Trinajstić information content (AvgIpc) is 2.88. The van der Waals surface area contributed by atoms with Crippen LogP contribution in [0.5, 0.6) is 0 Å². The lowest BCUT2D eigenvalue weighted by Gasteiger charge is -2.09. The van der Waals surface area contributed by atoms with E-state index in [1.54, 1.807) is 12.4 Å². The molecular weight excluding hydrogens is 268 g/mol. The van der Waals surface area contributed by atoms with E-state index >= 15 is 0 Å². The van der Waals surface area contributed by atoms with E-state index in [1.807, 2.05) is 4.57 Å². The average molecular weight is 284 g/mol. The first-order chi connectivity index (χ1) is 9.72. The molecule has 2 aromatic rings. The van der Waals surface area contributed by atoms with Crippen LogP contribution in [0, 0.1) is 18.3 Å². The number of hydrogen-bond donors (Lipinski definition) is 0. The summed E-state index contributed by atoms with van der Waals surface area (Å²) >= 11 is 1.44. The van der Waals surface area contributed by atoms with Crippen LogP contribution in [0.2, 0.25) is 0 Å². The SMILES string of the molecule is C=CCn1cnnc1S[C@H](C#N)Cc1ccc(C)cc1. The van der Waals surface area contributed by atoms with Gasteiger partial charge in [0.05, 0.1) is 6.07 Å². The van der Waals surface area contributed by atoms with Gasteiger partial charge in [0.25, 0.3) is 0 Å². The quantitative estimate of drug-likeness (QED) is 0.604. The summed E-state index contributed by atoms with van der Waals surface area (Å²) in [5.74, 6) is 0. The number of hydrogen-bond acceptors (Lipinski definition) is 4. The number of aryl methyl sites for hydroxylation is 1. The maximum absolute atomic E-state index is 9.31. The van der Waals surface area contributed by atoms with Crippen LogP contribution in [-0.4, -0.2) is 20.0 Å². The Bertz CT molecular complexity index is 610. The molecule has 5 heteroatoms. The third-order valence-electron chi connectivity index (χ3n) is 2.84. The van der Waals surface area contributed by atoms with Crippen LogP contribution in [0.15, 0.2) is 48.4 Å². The molecule has 1 heterocycles. The topological polar surface area (TPSA) is 54.5 Å². The van der Waals surface area contributed by atoms with E-state index in [2.05, 4.69) is 54.0 Å². The van der Waals surface area contributed by atoms with Crippen molar-refractivity contribution >= 4 is 11.8 Å². The van der Waals surface area contributed by atoms with Gasteiger partial charge in [-0.3, -0.25) is 0 Å². The Labute approximate surface area is 123 Å². The van der Waals surface area contributed by atoms with E-state index in [-0.39, 0.29) is 5.25 Å². The zero-order chi connectivity index (χ0) is 14.4. The number of rotatable bonds is 6. The van der Waals surface area contributed by atoms with Gasteiger partial charge in [-0.1, -0.05) is 47.7 Å². The molecule has 0 aliphatic carbocycles. The lowest BCUT2D eigenvalue weighted by molar-refractivity contribution is 0.723. The number of benzene rings is 1. The van der Waals surface area contributed by atoms with Gasteiger partial charge >= 0.3 is 0 Å². The fourth-order valence-electron chi connectivity index (χ4n) is 1.78. The molecule has 0 N–H and O–H groups in total. The number of nitriles is 1. The summed E-state index contributed by atoms with van der Waals surface area (Å²) in [6.45, 7) is 6.41. The van der Waals surface area contributed by atoms with Gasteiger partial charge in [-0.05, 0) is 18.9 Å². The molecular formula is C15H16N4S. The van der Waals surface area contributed by atoms with Crippen molar-refractivity contribution in [3.8, 4) is 6.07 Å². The van der Waals surface area contributed by atoms with Gasteiger partial charge in [0.15, 0.2) is 5.16 Å². The van der Waals surface area contributed by atoms with E-state index in [0.29, 0.717) is 13.0 Å². The Morgan fingerprint density at radius 1 is 1.45 bits per heavy atom. The molecule has 2 rings (SSSR count). The van der Waals surface area contributed by atoms with Crippen LogP contribution < -0.4 is 0 Å². The largest absolute Gasteiger partial charge is 0.305 e. The maximum Gasteiger partial charge on any atom is 0.192 e. The monoisotopic (exact) mass is 284 g/mol. The summed E-state index contributed by atoms with van der Waals surface area (Å²) in [5, 5.41) is 17.8. The van der Waals surface area contributed by atoms with Crippen LogP contribution >= 0.6 is 11.8 Å². The van der Waals surface area contributed by atoms with Gasteiger partial charge in [-0.25, -0.2) is 0 Å². The zero-order valence-corrected chi connectivity index (χ0v) is 12.2. The van der Waals surface area contributed by atoms with Crippen LogP contribution in [0.25, 0.3) is 0 Å². The van der Waals surface area contributed by atoms with Crippen molar-refractivity contribution < 1.29 is 0 Å². The minimum Gasteiger partial charge on any atom is -0.305 e. The van der Waals surface area contributed by atoms with Gasteiger partial charge in [0.2, 0.25) is 0 Å². The van der Waals surface area contributed by atoms with Gasteiger partial charge in [-0.2, -0.15) is 5.26 Å². The van der Waals surface area contributed by atoms with E-state index < -0.39 is 0 Å². The summed E-state index contributed by atoms with van der Waals surface area (Å²) < 4.78 is 1.89. The number of thioether (sulfide) groups is 1. The lowest BCUT2D eigenvalue weighted by Crippen LogP contribution is -2.06. The zero-order valence-electron chi connectivity index (χ0n) is 11.4. The highest BCUT2D eigenvalue weighted by molar-refractivity contribution is 8.00. The van der Waals surface area contributed by atoms with Crippen molar-refractivity contribution in [2.45, 2.75) is 30.3 Å². The van der Waals surface area contributed by atoms with Crippen molar-refractivity contribution in [1.82, 2.24) is 14.8 Å². The van der Waals surface area contributed by atoms with Crippen molar-refractivity contribution in [2.24, 2.45) is 0 Å². The first-order valence-corrected chi connectivity index (χ1v) is 7.21. The second-order valence-electron chi connectivity index (χ2n) is 4.48. The molecule has 0 bridgehead atoms. The predicted molar refractivity (Wildman–Crippen MR) is 80.4 cm³/mol. The molecule has 0 amide bonds. The van der Waals surface area contributed by atoms with Crippen LogP contribution in [0.1, 0.15) is 11.1 Å². The van der Waals surface area contributed by atoms with E-state index in [0.717, 1.165) is 10.7 Å². The van der Waals surface area contributed by atoms with Crippen molar-refractivity contribution in [1.29, 1.82) is 5.26 Å². The van der Waals surface area contributed by atoms with Crippen LogP contribution in [0.4, 0.5) is 0 Å². The van der Waals surface area contributed by atoms with E-state index in [1.165, 1.54) is 17.3 Å². The van der Waals surface area contributed by atoms with Gasteiger partial charge in [0.1, 0.15) is 11.6 Å². The first kappa shape index (κ1) is 14.4. The fourth-order valence-corrected chi connectivity index (χ4v) is 2.71. The molecule has 0 saturated carbocycles. The minimum atomic E-state index is -0.175. The van der Waals surface area contributed by atoms with Gasteiger partial charge in [-0.15, -0.1) is 16.8 Å². The Balaban J connectivity index is 2.05. The van der Waals surface area contributed by atoms with Crippen molar-refractivity contribution in [3.05, 3.63) is 54.4 Å². The molecule has 4 nitrogen and oxygen atoms in total. The molecule has 0 spiro atoms. The molecule has 102 valence electrons. The summed E-state index contributed by atoms with van der Waals surface area (Å²) in [6.07, 6.45) is 4.14. The lowest BCUT2D eigenvalue weighted by atomic mass is 10.1. The molecule has 1 aromatic carbocycles. The van der Waals surface area contributed by atoms with Crippen LogP contribution in [-0.2, 0) is 13.0 Å². The van der Waals surface area contributed by atoms with E-state index in [9.17, 15) is 5.26 Å². The second kappa shape index (κ2) is 6.92. The molecule has 0 fully saturated rings. The van der Waals surface area contributed by atoms with E-state index in [4.69, 9.17) is 0 Å². The Morgan fingerprint density at radius 2 is 2.20 bits per heavy atom. The maximum atomic E-state index is 9.31. The van der Waals surface area contributed by atoms with Gasteiger partial charge < -0.3 is 4.57 Å². The second-order valence-corrected chi connectivity index (χ2v) is 5.65. The first-order valence-electron chi connectivity index (χ1n) is 6.33. The smallest absolute Gasteiger partial charge is 0.192 e. The van der Waals surface area contributed by atoms with Crippen molar-refractivity contribution in [3.63, 3.8) is 0 Å². The molecule has 0 aliphatic rings. The Morgan fingerprint density at radius 3 is 2.85 bits per heavy atom. The normalized spacial score (nSPS) is 11.8. The Hall–Kier alpha value is -2.06. The molecule has 0 unspecified atom stereocenters. The van der Waals surface area contributed by atoms with Gasteiger partial charge in [0, 0.05) is 6.54 Å². The molecule has 1 atom stereocenters. The molecule has 0 saturated heterocycles. The predicted octanol–water partition coefficient (Wildman–Crippen LogP) is 3.00. The standard InChI is InChI=1S/C15H16N4S/c1-3-8-19-11-17-18-15(19)20-14(10-16)9-13-6-4-12(2)5-7-13/h3-7,11,14H,1,8-9H2,2H3/t14-/m0/s1. The highest BCUT2D eigenvalue weighted by atomic mass is 32.2. The third-order valence-corrected chi connectivity index (χ3v) is 3.92. The number of nitrogens with zero attached hydrogens (tertiary/aromatic N) is 4. The third kappa shape index (κ3) is 3.72. The molecule has 0 aliphatic heterocycles. The Kier molecular flexibility index (Phi) is 4.97. The summed E-state index contributed by atoms with van der Waals surface area (Å²) in [6, 6.07) is 10.6. The van der Waals surface area contributed by atoms with Crippen molar-refractivity contribution in [2.75, 3.05) is 0 Å². The summed E-state index contributed by atoms with van der Waals surface area (Å²) in [4.78, 5) is 0. The molecule has 1 aromatic heterocycles. The fraction of sp³-hybridized carbons (Fsp3) is 0.267. The summed E-state index contributed by atoms with van der Waals surface area (Å²) in [5.41, 5.74) is 2.38. The molecule has 0 radical (unpaired) electrons. The number of aromatic nitrogens is 3. The highest BCUT2D eigenvalue weighted by Gasteiger charge is 2.14.